The summed E-state index contributed by atoms with van der Waals surface area (Å²) in [6, 6.07) is 8.00. The second-order valence-corrected chi connectivity index (χ2v) is 5.97. The van der Waals surface area contributed by atoms with Gasteiger partial charge < -0.3 is 10.0 Å². The summed E-state index contributed by atoms with van der Waals surface area (Å²) < 4.78 is 0. The fraction of sp³-hybridized carbons (Fsp3) is 0.412. The first-order valence-corrected chi connectivity index (χ1v) is 7.63. The fourth-order valence-electron chi connectivity index (χ4n) is 3.56. The molecule has 1 aromatic carbocycles. The third-order valence-electron chi connectivity index (χ3n) is 4.51. The molecule has 108 valence electrons. The number of hydrogen-bond acceptors (Lipinski definition) is 3. The molecule has 1 aliphatic carbocycles. The molecule has 1 atom stereocenters. The van der Waals surface area contributed by atoms with Crippen molar-refractivity contribution in [3.63, 3.8) is 0 Å². The number of fused-ring (bicyclic) bond motifs is 2. The van der Waals surface area contributed by atoms with Gasteiger partial charge in [0.2, 0.25) is 5.91 Å². The molecule has 1 aromatic heterocycles. The number of pyridine rings is 1. The van der Waals surface area contributed by atoms with Gasteiger partial charge in [0.1, 0.15) is 0 Å². The summed E-state index contributed by atoms with van der Waals surface area (Å²) in [5.74, 6) is 0.0200. The predicted molar refractivity (Wildman–Crippen MR) is 81.4 cm³/mol. The molecule has 0 saturated carbocycles. The van der Waals surface area contributed by atoms with E-state index < -0.39 is 6.10 Å². The van der Waals surface area contributed by atoms with Gasteiger partial charge in [-0.3, -0.25) is 9.78 Å². The van der Waals surface area contributed by atoms with Crippen LogP contribution in [0, 0.1) is 0 Å². The molecule has 1 saturated heterocycles. The van der Waals surface area contributed by atoms with Crippen molar-refractivity contribution < 1.29 is 9.90 Å². The van der Waals surface area contributed by atoms with Gasteiger partial charge >= 0.3 is 0 Å². The maximum atomic E-state index is 12.3. The van der Waals surface area contributed by atoms with E-state index in [1.807, 2.05) is 24.3 Å². The predicted octanol–water partition coefficient (Wildman–Crippen LogP) is 2.21. The van der Waals surface area contributed by atoms with Crippen molar-refractivity contribution >= 4 is 22.5 Å². The van der Waals surface area contributed by atoms with Gasteiger partial charge in [-0.1, -0.05) is 18.2 Å². The lowest BCUT2D eigenvalue weighted by Crippen LogP contribution is -2.28. The zero-order valence-corrected chi connectivity index (χ0v) is 11.9. The Morgan fingerprint density at radius 2 is 2.00 bits per heavy atom. The van der Waals surface area contributed by atoms with Crippen molar-refractivity contribution in [1.29, 1.82) is 0 Å². The molecule has 0 bridgehead atoms. The Morgan fingerprint density at radius 3 is 2.81 bits per heavy atom. The minimum absolute atomic E-state index is 0.0200. The van der Waals surface area contributed by atoms with Crippen LogP contribution in [-0.2, 0) is 17.6 Å². The smallest absolute Gasteiger partial charge is 0.229 e. The fourth-order valence-corrected chi connectivity index (χ4v) is 3.56. The first-order chi connectivity index (χ1) is 10.2. The molecule has 1 N–H and O–H groups in total. The van der Waals surface area contributed by atoms with Crippen molar-refractivity contribution in [2.45, 2.75) is 38.2 Å². The lowest BCUT2D eigenvalue weighted by molar-refractivity contribution is -0.117. The number of β-amino-alcohol motifs (C(OH)–C–C–N with tert-alkyl or cyclic N) is 1. The van der Waals surface area contributed by atoms with Crippen molar-refractivity contribution in [3.05, 3.63) is 35.5 Å². The first-order valence-electron chi connectivity index (χ1n) is 7.63. The van der Waals surface area contributed by atoms with E-state index in [-0.39, 0.29) is 12.3 Å². The number of aromatic nitrogens is 1. The Bertz CT molecular complexity index is 726. The van der Waals surface area contributed by atoms with Crippen LogP contribution in [0.25, 0.3) is 10.9 Å². The number of nitrogens with zero attached hydrogens (tertiary/aromatic N) is 2. The number of amides is 1. The molecule has 1 unspecified atom stereocenters. The van der Waals surface area contributed by atoms with Crippen LogP contribution in [0.1, 0.15) is 30.5 Å². The van der Waals surface area contributed by atoms with Crippen molar-refractivity contribution in [3.8, 4) is 0 Å². The molecule has 2 heterocycles. The Morgan fingerprint density at radius 1 is 1.19 bits per heavy atom. The van der Waals surface area contributed by atoms with Gasteiger partial charge in [0.05, 0.1) is 30.3 Å². The molecule has 0 radical (unpaired) electrons. The van der Waals surface area contributed by atoms with Crippen LogP contribution in [0.4, 0.5) is 5.69 Å². The number of aliphatic hydroxyl groups is 1. The highest BCUT2D eigenvalue weighted by Crippen LogP contribution is 2.37. The van der Waals surface area contributed by atoms with Gasteiger partial charge in [-0.25, -0.2) is 0 Å². The Labute approximate surface area is 123 Å². The molecule has 1 aliphatic heterocycles. The molecule has 4 heteroatoms. The molecule has 0 spiro atoms. The van der Waals surface area contributed by atoms with Crippen molar-refractivity contribution in [2.75, 3.05) is 11.4 Å². The van der Waals surface area contributed by atoms with Crippen molar-refractivity contribution in [2.24, 2.45) is 0 Å². The Kier molecular flexibility index (Phi) is 2.93. The summed E-state index contributed by atoms with van der Waals surface area (Å²) in [5.41, 5.74) is 4.28. The zero-order valence-electron chi connectivity index (χ0n) is 11.9. The van der Waals surface area contributed by atoms with E-state index >= 15 is 0 Å². The second kappa shape index (κ2) is 4.81. The highest BCUT2D eigenvalue weighted by molar-refractivity contribution is 6.05. The van der Waals surface area contributed by atoms with E-state index in [4.69, 9.17) is 4.98 Å². The summed E-state index contributed by atoms with van der Waals surface area (Å²) in [7, 11) is 0. The summed E-state index contributed by atoms with van der Waals surface area (Å²) in [6.45, 7) is 0.402. The zero-order chi connectivity index (χ0) is 14.4. The topological polar surface area (TPSA) is 53.4 Å². The number of carbonyl (C=O) groups excluding carboxylic acids is 1. The van der Waals surface area contributed by atoms with Gasteiger partial charge in [-0.2, -0.15) is 0 Å². The maximum Gasteiger partial charge on any atom is 0.229 e. The summed E-state index contributed by atoms with van der Waals surface area (Å²) >= 11 is 0. The lowest BCUT2D eigenvalue weighted by atomic mass is 9.92. The van der Waals surface area contributed by atoms with E-state index in [9.17, 15) is 9.90 Å². The quantitative estimate of drug-likeness (QED) is 0.872. The minimum atomic E-state index is -0.552. The standard InChI is InChI=1S/C17H18N2O2/c20-11-9-16(21)19(10-11)17-12-5-1-3-7-14(12)18-15-8-4-2-6-13(15)17/h1,3,5,7,11,20H,2,4,6,8-10H2. The average molecular weight is 282 g/mol. The van der Waals surface area contributed by atoms with E-state index in [0.29, 0.717) is 6.54 Å². The van der Waals surface area contributed by atoms with Crippen LogP contribution in [0.15, 0.2) is 24.3 Å². The van der Waals surface area contributed by atoms with Crippen LogP contribution in [0.5, 0.6) is 0 Å². The number of aryl methyl sites for hydroxylation is 1. The molecule has 21 heavy (non-hydrogen) atoms. The highest BCUT2D eigenvalue weighted by atomic mass is 16.3. The van der Waals surface area contributed by atoms with Crippen LogP contribution in [-0.4, -0.2) is 28.6 Å². The Hall–Kier alpha value is -1.94. The number of hydrogen-bond donors (Lipinski definition) is 1. The molecular weight excluding hydrogens is 264 g/mol. The van der Waals surface area contributed by atoms with Gasteiger partial charge in [0.15, 0.2) is 0 Å². The SMILES string of the molecule is O=C1CC(O)CN1c1c2c(nc3ccccc13)CCCC2. The minimum Gasteiger partial charge on any atom is -0.391 e. The van der Waals surface area contributed by atoms with E-state index in [1.54, 1.807) is 4.90 Å². The maximum absolute atomic E-state index is 12.3. The molecule has 1 amide bonds. The number of anilines is 1. The van der Waals surface area contributed by atoms with Crippen LogP contribution in [0.3, 0.4) is 0 Å². The molecule has 4 nitrogen and oxygen atoms in total. The first kappa shape index (κ1) is 12.8. The van der Waals surface area contributed by atoms with Crippen molar-refractivity contribution in [1.82, 2.24) is 4.98 Å². The van der Waals surface area contributed by atoms with Gasteiger partial charge in [0, 0.05) is 11.1 Å². The number of rotatable bonds is 1. The number of aliphatic hydroxyl groups excluding tert-OH is 1. The normalized spacial score (nSPS) is 21.9. The monoisotopic (exact) mass is 282 g/mol. The van der Waals surface area contributed by atoms with E-state index in [1.165, 1.54) is 5.56 Å². The molecule has 2 aliphatic rings. The third-order valence-corrected chi connectivity index (χ3v) is 4.51. The largest absolute Gasteiger partial charge is 0.391 e. The second-order valence-electron chi connectivity index (χ2n) is 5.97. The van der Waals surface area contributed by atoms with Gasteiger partial charge in [-0.05, 0) is 37.3 Å². The molecular formula is C17H18N2O2. The van der Waals surface area contributed by atoms with Gasteiger partial charge in [0.25, 0.3) is 0 Å². The highest BCUT2D eigenvalue weighted by Gasteiger charge is 2.33. The Balaban J connectivity index is 1.98. The van der Waals surface area contributed by atoms with Gasteiger partial charge in [-0.15, -0.1) is 0 Å². The lowest BCUT2D eigenvalue weighted by Gasteiger charge is -2.26. The summed E-state index contributed by atoms with van der Waals surface area (Å²) in [6.07, 6.45) is 3.94. The number of benzene rings is 1. The summed E-state index contributed by atoms with van der Waals surface area (Å²) in [4.78, 5) is 18.8. The molecule has 1 fully saturated rings. The molecule has 4 rings (SSSR count). The number of para-hydroxylation sites is 1. The molecule has 2 aromatic rings. The van der Waals surface area contributed by atoms with E-state index in [0.717, 1.165) is 48.0 Å². The number of carbonyl (C=O) groups is 1. The third kappa shape index (κ3) is 2.02. The van der Waals surface area contributed by atoms with Crippen LogP contribution in [0.2, 0.25) is 0 Å². The van der Waals surface area contributed by atoms with E-state index in [2.05, 4.69) is 0 Å². The van der Waals surface area contributed by atoms with Crippen LogP contribution < -0.4 is 4.90 Å². The average Bonchev–Trinajstić information content (AvgIpc) is 2.83. The summed E-state index contributed by atoms with van der Waals surface area (Å²) in [5, 5.41) is 10.9. The van der Waals surface area contributed by atoms with Crippen LogP contribution >= 0.6 is 0 Å².